The molecule has 1 rings (SSSR count). The van der Waals surface area contributed by atoms with E-state index in [-0.39, 0.29) is 11.7 Å². The summed E-state index contributed by atoms with van der Waals surface area (Å²) in [6.45, 7) is 3.00. The first-order valence-corrected chi connectivity index (χ1v) is 4.90. The minimum atomic E-state index is -0.955. The summed E-state index contributed by atoms with van der Waals surface area (Å²) in [7, 11) is 0. The van der Waals surface area contributed by atoms with E-state index in [0.29, 0.717) is 6.42 Å². The second kappa shape index (κ2) is 4.75. The van der Waals surface area contributed by atoms with Gasteiger partial charge in [-0.3, -0.25) is 4.79 Å². The molecule has 1 aromatic carbocycles. The van der Waals surface area contributed by atoms with E-state index in [1.54, 1.807) is 19.1 Å². The molecular weight excluding hydrogens is 207 g/mol. The van der Waals surface area contributed by atoms with Crippen molar-refractivity contribution in [1.29, 1.82) is 5.26 Å². The molecule has 0 unspecified atom stereocenters. The van der Waals surface area contributed by atoms with Crippen molar-refractivity contribution in [2.75, 3.05) is 0 Å². The molecule has 1 atom stereocenters. The van der Waals surface area contributed by atoms with Gasteiger partial charge >= 0.3 is 0 Å². The molecule has 3 nitrogen and oxygen atoms in total. The van der Waals surface area contributed by atoms with Gasteiger partial charge in [-0.15, -0.1) is 0 Å². The molecule has 84 valence electrons. The van der Waals surface area contributed by atoms with E-state index >= 15 is 0 Å². The average molecular weight is 220 g/mol. The molecule has 0 saturated heterocycles. The molecule has 0 aliphatic heterocycles. The number of rotatable bonds is 3. The SMILES string of the molecule is CC(=O)N[C@](C)(C#N)Cc1ccc(F)cc1. The highest BCUT2D eigenvalue weighted by molar-refractivity contribution is 5.74. The van der Waals surface area contributed by atoms with Crippen molar-refractivity contribution in [1.82, 2.24) is 5.32 Å². The molecule has 1 amide bonds. The number of hydrogen-bond donors (Lipinski definition) is 1. The van der Waals surface area contributed by atoms with Crippen LogP contribution >= 0.6 is 0 Å². The zero-order chi connectivity index (χ0) is 12.2. The maximum atomic E-state index is 12.7. The van der Waals surface area contributed by atoms with Crippen LogP contribution in [0.5, 0.6) is 0 Å². The van der Waals surface area contributed by atoms with E-state index in [9.17, 15) is 9.18 Å². The summed E-state index contributed by atoms with van der Waals surface area (Å²) >= 11 is 0. The van der Waals surface area contributed by atoms with Crippen LogP contribution in [0.1, 0.15) is 19.4 Å². The van der Waals surface area contributed by atoms with Crippen molar-refractivity contribution in [3.63, 3.8) is 0 Å². The van der Waals surface area contributed by atoms with Gasteiger partial charge in [-0.2, -0.15) is 5.26 Å². The summed E-state index contributed by atoms with van der Waals surface area (Å²) < 4.78 is 12.7. The Morgan fingerprint density at radius 1 is 1.50 bits per heavy atom. The fourth-order valence-corrected chi connectivity index (χ4v) is 1.51. The van der Waals surface area contributed by atoms with Gasteiger partial charge in [0.05, 0.1) is 6.07 Å². The van der Waals surface area contributed by atoms with Gasteiger partial charge in [-0.25, -0.2) is 4.39 Å². The monoisotopic (exact) mass is 220 g/mol. The Labute approximate surface area is 93.9 Å². The molecular formula is C12H13FN2O. The highest BCUT2D eigenvalue weighted by Crippen LogP contribution is 2.13. The van der Waals surface area contributed by atoms with E-state index in [1.807, 2.05) is 6.07 Å². The van der Waals surface area contributed by atoms with E-state index in [2.05, 4.69) is 5.32 Å². The number of carbonyl (C=O) groups is 1. The quantitative estimate of drug-likeness (QED) is 0.844. The summed E-state index contributed by atoms with van der Waals surface area (Å²) in [5.41, 5.74) is -0.150. The first kappa shape index (κ1) is 12.2. The fourth-order valence-electron chi connectivity index (χ4n) is 1.51. The third-order valence-corrected chi connectivity index (χ3v) is 2.17. The predicted octanol–water partition coefficient (Wildman–Crippen LogP) is 1.79. The smallest absolute Gasteiger partial charge is 0.218 e. The molecule has 0 aliphatic carbocycles. The van der Waals surface area contributed by atoms with Crippen LogP contribution < -0.4 is 5.32 Å². The third kappa shape index (κ3) is 3.35. The number of halogens is 1. The van der Waals surface area contributed by atoms with E-state index in [4.69, 9.17) is 5.26 Å². The maximum absolute atomic E-state index is 12.7. The maximum Gasteiger partial charge on any atom is 0.218 e. The van der Waals surface area contributed by atoms with E-state index in [1.165, 1.54) is 19.1 Å². The van der Waals surface area contributed by atoms with Crippen molar-refractivity contribution in [3.05, 3.63) is 35.6 Å². The van der Waals surface area contributed by atoms with E-state index < -0.39 is 5.54 Å². The van der Waals surface area contributed by atoms with Gasteiger partial charge < -0.3 is 5.32 Å². The standard InChI is InChI=1S/C12H13FN2O/c1-9(16)15-12(2,8-14)7-10-3-5-11(13)6-4-10/h3-6H,7H2,1-2H3,(H,15,16)/t12-/m0/s1. The Balaban J connectivity index is 2.81. The van der Waals surface area contributed by atoms with Gasteiger partial charge in [0.25, 0.3) is 0 Å². The lowest BCUT2D eigenvalue weighted by atomic mass is 9.94. The Hall–Kier alpha value is -1.89. The van der Waals surface area contributed by atoms with Gasteiger partial charge in [0, 0.05) is 13.3 Å². The summed E-state index contributed by atoms with van der Waals surface area (Å²) in [6, 6.07) is 7.92. The zero-order valence-corrected chi connectivity index (χ0v) is 9.25. The van der Waals surface area contributed by atoms with E-state index in [0.717, 1.165) is 5.56 Å². The zero-order valence-electron chi connectivity index (χ0n) is 9.25. The van der Waals surface area contributed by atoms with Crippen LogP contribution in [0.25, 0.3) is 0 Å². The van der Waals surface area contributed by atoms with Gasteiger partial charge in [-0.1, -0.05) is 12.1 Å². The van der Waals surface area contributed by atoms with Crippen molar-refractivity contribution in [3.8, 4) is 6.07 Å². The lowest BCUT2D eigenvalue weighted by Crippen LogP contribution is -2.45. The minimum absolute atomic E-state index is 0.258. The van der Waals surface area contributed by atoms with Crippen molar-refractivity contribution in [2.24, 2.45) is 0 Å². The van der Waals surface area contributed by atoms with Crippen LogP contribution in [0, 0.1) is 17.1 Å². The molecule has 16 heavy (non-hydrogen) atoms. The summed E-state index contributed by atoms with van der Waals surface area (Å²) in [6.07, 6.45) is 0.351. The van der Waals surface area contributed by atoms with Crippen LogP contribution in [0.2, 0.25) is 0 Å². The predicted molar refractivity (Wildman–Crippen MR) is 57.9 cm³/mol. The van der Waals surface area contributed by atoms with Gasteiger partial charge in [0.1, 0.15) is 11.4 Å². The first-order valence-electron chi connectivity index (χ1n) is 4.90. The number of benzene rings is 1. The Morgan fingerprint density at radius 3 is 2.50 bits per heavy atom. The van der Waals surface area contributed by atoms with Crippen LogP contribution in [0.4, 0.5) is 4.39 Å². The molecule has 0 saturated carbocycles. The second-order valence-electron chi connectivity index (χ2n) is 3.93. The average Bonchev–Trinajstić information content (AvgIpc) is 2.20. The van der Waals surface area contributed by atoms with Gasteiger partial charge in [-0.05, 0) is 24.6 Å². The number of amides is 1. The molecule has 0 bridgehead atoms. The first-order chi connectivity index (χ1) is 7.45. The lowest BCUT2D eigenvalue weighted by molar-refractivity contribution is -0.120. The molecule has 0 radical (unpaired) electrons. The lowest BCUT2D eigenvalue weighted by Gasteiger charge is -2.22. The van der Waals surface area contributed by atoms with Crippen LogP contribution in [-0.4, -0.2) is 11.4 Å². The summed E-state index contributed by atoms with van der Waals surface area (Å²) in [5.74, 6) is -0.576. The Kier molecular flexibility index (Phi) is 3.62. The highest BCUT2D eigenvalue weighted by Gasteiger charge is 2.24. The number of nitrogens with one attached hydrogen (secondary N) is 1. The Morgan fingerprint density at radius 2 is 2.06 bits per heavy atom. The minimum Gasteiger partial charge on any atom is -0.338 e. The van der Waals surface area contributed by atoms with Gasteiger partial charge in [0.2, 0.25) is 5.91 Å². The third-order valence-electron chi connectivity index (χ3n) is 2.17. The highest BCUT2D eigenvalue weighted by atomic mass is 19.1. The fraction of sp³-hybridized carbons (Fsp3) is 0.333. The largest absolute Gasteiger partial charge is 0.338 e. The summed E-state index contributed by atoms with van der Waals surface area (Å²) in [5, 5.41) is 11.6. The topological polar surface area (TPSA) is 52.9 Å². The molecule has 1 N–H and O–H groups in total. The molecule has 0 aromatic heterocycles. The van der Waals surface area contributed by atoms with Crippen LogP contribution in [-0.2, 0) is 11.2 Å². The summed E-state index contributed by atoms with van der Waals surface area (Å²) in [4.78, 5) is 10.9. The molecule has 0 spiro atoms. The number of carbonyl (C=O) groups excluding carboxylic acids is 1. The van der Waals surface area contributed by atoms with Crippen molar-refractivity contribution >= 4 is 5.91 Å². The molecule has 1 aromatic rings. The normalized spacial score (nSPS) is 13.6. The van der Waals surface area contributed by atoms with Crippen molar-refractivity contribution in [2.45, 2.75) is 25.8 Å². The second-order valence-corrected chi connectivity index (χ2v) is 3.93. The van der Waals surface area contributed by atoms with Crippen LogP contribution in [0.3, 0.4) is 0 Å². The number of nitrogens with zero attached hydrogens (tertiary/aromatic N) is 1. The van der Waals surface area contributed by atoms with Gasteiger partial charge in [0.15, 0.2) is 0 Å². The van der Waals surface area contributed by atoms with Crippen molar-refractivity contribution < 1.29 is 9.18 Å². The molecule has 0 aliphatic rings. The van der Waals surface area contributed by atoms with Crippen LogP contribution in [0.15, 0.2) is 24.3 Å². The molecule has 0 heterocycles. The molecule has 4 heteroatoms. The number of hydrogen-bond acceptors (Lipinski definition) is 2. The number of nitriles is 1. The molecule has 0 fully saturated rings. The Bertz CT molecular complexity index is 422.